The number of benzene rings is 1. The average Bonchev–Trinajstić information content (AvgIpc) is 2.90. The Labute approximate surface area is 255 Å². The van der Waals surface area contributed by atoms with E-state index in [0.717, 1.165) is 19.3 Å². The van der Waals surface area contributed by atoms with Crippen LogP contribution in [0.1, 0.15) is 142 Å². The fourth-order valence-electron chi connectivity index (χ4n) is 4.94. The monoisotopic (exact) mass is 614 g/mol. The summed E-state index contributed by atoms with van der Waals surface area (Å²) in [6, 6.07) is 9.39. The van der Waals surface area contributed by atoms with Crippen molar-refractivity contribution in [2.75, 3.05) is 18.1 Å². The molecule has 0 aliphatic carbocycles. The van der Waals surface area contributed by atoms with E-state index in [-0.39, 0.29) is 12.0 Å². The van der Waals surface area contributed by atoms with Crippen LogP contribution in [0.15, 0.2) is 24.3 Å². The van der Waals surface area contributed by atoms with E-state index in [1.165, 1.54) is 74.0 Å². The molecule has 1 aromatic carbocycles. The standard InChI is InChI=1S/C33H59O6PS/c1-7-9-14-18-28(29-19-21-30(22-20-29)33(4,5)6)23-26-41-25-16-13-11-10-12-15-17-27(3)39-40(36,37)32(31(34)35)38-24-8-2/h19-22,27-28,32H,7-18,23-26H2,1-6H3,(H,34,35)(H,36,37). The predicted molar refractivity (Wildman–Crippen MR) is 174 cm³/mol. The number of unbranched alkanes of at least 4 members (excludes halogenated alkanes) is 7. The van der Waals surface area contributed by atoms with Gasteiger partial charge in [0.25, 0.3) is 5.85 Å². The third kappa shape index (κ3) is 16.5. The highest BCUT2D eigenvalue weighted by molar-refractivity contribution is 7.99. The van der Waals surface area contributed by atoms with Gasteiger partial charge in [-0.3, -0.25) is 4.57 Å². The second kappa shape index (κ2) is 21.0. The minimum absolute atomic E-state index is 0.101. The zero-order valence-corrected chi connectivity index (χ0v) is 28.4. The van der Waals surface area contributed by atoms with Crippen LogP contribution in [-0.2, 0) is 24.0 Å². The summed E-state index contributed by atoms with van der Waals surface area (Å²) in [7, 11) is -4.39. The lowest BCUT2D eigenvalue weighted by Gasteiger charge is -2.22. The Morgan fingerprint density at radius 1 is 0.878 bits per heavy atom. The van der Waals surface area contributed by atoms with Gasteiger partial charge in [0.2, 0.25) is 0 Å². The smallest absolute Gasteiger partial charge is 0.368 e. The Morgan fingerprint density at radius 3 is 2.07 bits per heavy atom. The van der Waals surface area contributed by atoms with Gasteiger partial charge >= 0.3 is 13.6 Å². The Morgan fingerprint density at radius 2 is 1.49 bits per heavy atom. The maximum atomic E-state index is 12.4. The molecular weight excluding hydrogens is 555 g/mol. The molecule has 0 bridgehead atoms. The summed E-state index contributed by atoms with van der Waals surface area (Å²) < 4.78 is 22.7. The molecule has 6 nitrogen and oxygen atoms in total. The summed E-state index contributed by atoms with van der Waals surface area (Å²) in [5, 5.41) is 9.22. The normalized spacial score (nSPS) is 15.8. The number of carboxylic acids is 1. The highest BCUT2D eigenvalue weighted by atomic mass is 32.2. The minimum atomic E-state index is -4.39. The first-order chi connectivity index (χ1) is 19.4. The topological polar surface area (TPSA) is 93.1 Å². The molecule has 0 amide bonds. The third-order valence-corrected chi connectivity index (χ3v) is 10.2. The van der Waals surface area contributed by atoms with Gasteiger partial charge in [-0.25, -0.2) is 4.79 Å². The van der Waals surface area contributed by atoms with E-state index in [9.17, 15) is 19.4 Å². The highest BCUT2D eigenvalue weighted by Gasteiger charge is 2.41. The molecule has 0 spiro atoms. The van der Waals surface area contributed by atoms with E-state index in [1.807, 2.05) is 6.92 Å². The van der Waals surface area contributed by atoms with Crippen molar-refractivity contribution in [2.24, 2.45) is 0 Å². The fourth-order valence-corrected chi connectivity index (χ4v) is 7.31. The van der Waals surface area contributed by atoms with Crippen molar-refractivity contribution in [3.05, 3.63) is 35.4 Å². The Balaban J connectivity index is 2.23. The molecule has 4 atom stereocenters. The molecule has 0 aliphatic heterocycles. The van der Waals surface area contributed by atoms with Gasteiger partial charge in [0.15, 0.2) is 0 Å². The van der Waals surface area contributed by atoms with Crippen LogP contribution in [0.3, 0.4) is 0 Å². The number of rotatable bonds is 24. The molecule has 0 saturated heterocycles. The molecule has 41 heavy (non-hydrogen) atoms. The SMILES string of the molecule is CCCCCC(CCSCCCCCCCCC(C)OP(=O)(O)C(OCCC)C(=O)O)c1ccc(C(C)(C)C)cc1. The van der Waals surface area contributed by atoms with E-state index < -0.39 is 25.5 Å². The summed E-state index contributed by atoms with van der Waals surface area (Å²) in [5.41, 5.74) is 3.10. The lowest BCUT2D eigenvalue weighted by Crippen LogP contribution is -2.27. The number of carboxylic acid groups (broad SMARTS) is 1. The van der Waals surface area contributed by atoms with Crippen LogP contribution in [0.25, 0.3) is 0 Å². The van der Waals surface area contributed by atoms with Crippen molar-refractivity contribution in [3.8, 4) is 0 Å². The lowest BCUT2D eigenvalue weighted by molar-refractivity contribution is -0.146. The van der Waals surface area contributed by atoms with Gasteiger partial charge < -0.3 is 19.3 Å². The van der Waals surface area contributed by atoms with Crippen molar-refractivity contribution < 1.29 is 28.6 Å². The van der Waals surface area contributed by atoms with Crippen molar-refractivity contribution in [1.82, 2.24) is 0 Å². The second-order valence-electron chi connectivity index (χ2n) is 12.4. The molecule has 0 saturated carbocycles. The van der Waals surface area contributed by atoms with Crippen LogP contribution in [-0.4, -0.2) is 46.0 Å². The first-order valence-electron chi connectivity index (χ1n) is 16.0. The van der Waals surface area contributed by atoms with Gasteiger partial charge in [0.05, 0.1) is 6.10 Å². The van der Waals surface area contributed by atoms with Gasteiger partial charge in [-0.1, -0.05) is 110 Å². The van der Waals surface area contributed by atoms with Crippen LogP contribution in [0.2, 0.25) is 0 Å². The van der Waals surface area contributed by atoms with Crippen molar-refractivity contribution in [3.63, 3.8) is 0 Å². The van der Waals surface area contributed by atoms with Crippen LogP contribution in [0.5, 0.6) is 0 Å². The van der Waals surface area contributed by atoms with E-state index in [1.54, 1.807) is 6.92 Å². The zero-order valence-electron chi connectivity index (χ0n) is 26.7. The number of hydrogen-bond acceptors (Lipinski definition) is 5. The predicted octanol–water partition coefficient (Wildman–Crippen LogP) is 9.93. The molecule has 2 N–H and O–H groups in total. The maximum Gasteiger partial charge on any atom is 0.368 e. The summed E-state index contributed by atoms with van der Waals surface area (Å²) in [6.45, 7) is 12.7. The largest absolute Gasteiger partial charge is 0.479 e. The second-order valence-corrected chi connectivity index (χ2v) is 15.5. The van der Waals surface area contributed by atoms with Crippen molar-refractivity contribution in [1.29, 1.82) is 0 Å². The fraction of sp³-hybridized carbons (Fsp3) is 0.788. The maximum absolute atomic E-state index is 12.4. The molecule has 0 radical (unpaired) electrons. The third-order valence-electron chi connectivity index (χ3n) is 7.48. The molecule has 4 unspecified atom stereocenters. The van der Waals surface area contributed by atoms with Crippen LogP contribution in [0, 0.1) is 0 Å². The Hall–Kier alpha value is -0.850. The molecule has 238 valence electrons. The van der Waals surface area contributed by atoms with Gasteiger partial charge in [-0.2, -0.15) is 11.8 Å². The number of ether oxygens (including phenoxy) is 1. The highest BCUT2D eigenvalue weighted by Crippen LogP contribution is 2.49. The first kappa shape index (κ1) is 38.2. The number of carbonyl (C=O) groups is 1. The summed E-state index contributed by atoms with van der Waals surface area (Å²) in [5.74, 6) is -0.196. The van der Waals surface area contributed by atoms with Crippen LogP contribution < -0.4 is 0 Å². The van der Waals surface area contributed by atoms with Gasteiger partial charge in [0, 0.05) is 6.61 Å². The number of aliphatic carboxylic acids is 1. The average molecular weight is 615 g/mol. The molecule has 8 heteroatoms. The van der Waals surface area contributed by atoms with E-state index in [0.29, 0.717) is 18.8 Å². The molecular formula is C33H59O6PS. The van der Waals surface area contributed by atoms with Gasteiger partial charge in [0.1, 0.15) is 0 Å². The van der Waals surface area contributed by atoms with Crippen LogP contribution >= 0.6 is 19.4 Å². The quantitative estimate of drug-likeness (QED) is 0.0884. The number of thioether (sulfide) groups is 1. The van der Waals surface area contributed by atoms with E-state index in [2.05, 4.69) is 63.7 Å². The van der Waals surface area contributed by atoms with Crippen molar-refractivity contribution >= 4 is 25.3 Å². The Kier molecular flexibility index (Phi) is 19.5. The molecule has 0 aromatic heterocycles. The molecule has 1 rings (SSSR count). The van der Waals surface area contributed by atoms with Crippen molar-refractivity contribution in [2.45, 2.75) is 148 Å². The minimum Gasteiger partial charge on any atom is -0.479 e. The van der Waals surface area contributed by atoms with Gasteiger partial charge in [-0.05, 0) is 73.0 Å². The molecule has 0 heterocycles. The lowest BCUT2D eigenvalue weighted by atomic mass is 9.84. The first-order valence-corrected chi connectivity index (χ1v) is 18.8. The molecule has 1 aromatic rings. The summed E-state index contributed by atoms with van der Waals surface area (Å²) in [6.07, 6.45) is 13.9. The van der Waals surface area contributed by atoms with E-state index in [4.69, 9.17) is 9.26 Å². The zero-order chi connectivity index (χ0) is 30.7. The number of hydrogen-bond donors (Lipinski definition) is 2. The molecule has 0 fully saturated rings. The summed E-state index contributed by atoms with van der Waals surface area (Å²) >= 11 is 2.09. The van der Waals surface area contributed by atoms with Gasteiger partial charge in [-0.15, -0.1) is 0 Å². The van der Waals surface area contributed by atoms with E-state index >= 15 is 0 Å². The molecule has 0 aliphatic rings. The van der Waals surface area contributed by atoms with Crippen LogP contribution in [0.4, 0.5) is 0 Å². The Bertz CT molecular complexity index is 869. The summed E-state index contributed by atoms with van der Waals surface area (Å²) in [4.78, 5) is 21.4.